The van der Waals surface area contributed by atoms with Crippen LogP contribution < -0.4 is 4.72 Å². The number of para-hydroxylation sites is 1. The van der Waals surface area contributed by atoms with Gasteiger partial charge in [-0.2, -0.15) is 0 Å². The molecule has 0 saturated carbocycles. The van der Waals surface area contributed by atoms with Crippen molar-refractivity contribution in [2.75, 3.05) is 0 Å². The molecule has 0 radical (unpaired) electrons. The van der Waals surface area contributed by atoms with Crippen LogP contribution in [0, 0.1) is 0 Å². The highest BCUT2D eigenvalue weighted by Gasteiger charge is 2.21. The van der Waals surface area contributed by atoms with Gasteiger partial charge in [-0.3, -0.25) is 0 Å². The van der Waals surface area contributed by atoms with Crippen molar-refractivity contribution < 1.29 is 4.21 Å². The summed E-state index contributed by atoms with van der Waals surface area (Å²) in [5.74, 6) is 0. The van der Waals surface area contributed by atoms with Crippen molar-refractivity contribution in [1.29, 1.82) is 0 Å². The molecule has 24 heavy (non-hydrogen) atoms. The average Bonchev–Trinajstić information content (AvgIpc) is 2.97. The third kappa shape index (κ3) is 3.45. The smallest absolute Gasteiger partial charge is 0.0975 e. The van der Waals surface area contributed by atoms with E-state index < -0.39 is 11.0 Å². The van der Waals surface area contributed by atoms with Crippen molar-refractivity contribution in [3.8, 4) is 5.69 Å². The molecule has 2 atom stereocenters. The number of rotatable bonds is 4. The Morgan fingerprint density at radius 2 is 1.75 bits per heavy atom. The van der Waals surface area contributed by atoms with Gasteiger partial charge in [-0.05, 0) is 63.6 Å². The first-order valence-corrected chi connectivity index (χ1v) is 9.36. The van der Waals surface area contributed by atoms with Crippen LogP contribution in [0.2, 0.25) is 0 Å². The van der Waals surface area contributed by atoms with Gasteiger partial charge in [0.15, 0.2) is 0 Å². The van der Waals surface area contributed by atoms with Gasteiger partial charge >= 0.3 is 0 Å². The number of benzene rings is 2. The van der Waals surface area contributed by atoms with Crippen molar-refractivity contribution in [1.82, 2.24) is 9.29 Å². The van der Waals surface area contributed by atoms with Gasteiger partial charge in [0.1, 0.15) is 0 Å². The minimum absolute atomic E-state index is 0.0366. The van der Waals surface area contributed by atoms with Crippen LogP contribution in [0.5, 0.6) is 0 Å². The van der Waals surface area contributed by atoms with E-state index in [0.29, 0.717) is 0 Å². The fourth-order valence-electron chi connectivity index (χ4n) is 2.65. The first kappa shape index (κ1) is 16.9. The van der Waals surface area contributed by atoms with Crippen LogP contribution in [0.15, 0.2) is 60.8 Å². The quantitative estimate of drug-likeness (QED) is 0.731. The normalized spacial score (nSPS) is 14.7. The minimum Gasteiger partial charge on any atom is -0.317 e. The van der Waals surface area contributed by atoms with E-state index >= 15 is 0 Å². The molecule has 0 spiro atoms. The predicted octanol–water partition coefficient (Wildman–Crippen LogP) is 4.74. The Balaban J connectivity index is 1.89. The SMILES string of the molecule is C[C@H](N[S@](=O)C(C)(C)C)c1ccc2c(ccn2-c2ccccc2)c1. The second kappa shape index (κ2) is 6.54. The Hall–Kier alpha value is -1.91. The molecule has 1 N–H and O–H groups in total. The summed E-state index contributed by atoms with van der Waals surface area (Å²) >= 11 is 0. The van der Waals surface area contributed by atoms with Crippen LogP contribution in [-0.2, 0) is 11.0 Å². The van der Waals surface area contributed by atoms with Crippen LogP contribution >= 0.6 is 0 Å². The molecular weight excluding hydrogens is 316 g/mol. The first-order valence-electron chi connectivity index (χ1n) is 8.21. The van der Waals surface area contributed by atoms with Gasteiger partial charge in [0.25, 0.3) is 0 Å². The molecule has 0 unspecified atom stereocenters. The summed E-state index contributed by atoms with van der Waals surface area (Å²) in [6.07, 6.45) is 2.09. The topological polar surface area (TPSA) is 34.0 Å². The van der Waals surface area contributed by atoms with E-state index in [1.165, 1.54) is 10.9 Å². The number of hydrogen-bond acceptors (Lipinski definition) is 1. The van der Waals surface area contributed by atoms with E-state index in [0.717, 1.165) is 11.3 Å². The van der Waals surface area contributed by atoms with E-state index in [9.17, 15) is 4.21 Å². The Labute approximate surface area is 146 Å². The van der Waals surface area contributed by atoms with Crippen LogP contribution in [-0.4, -0.2) is 13.5 Å². The van der Waals surface area contributed by atoms with Gasteiger partial charge in [0.2, 0.25) is 0 Å². The van der Waals surface area contributed by atoms with Gasteiger partial charge in [-0.1, -0.05) is 24.3 Å². The molecule has 0 fully saturated rings. The number of fused-ring (bicyclic) bond motifs is 1. The first-order chi connectivity index (χ1) is 11.4. The lowest BCUT2D eigenvalue weighted by molar-refractivity contribution is 0.616. The molecule has 0 saturated heterocycles. The highest BCUT2D eigenvalue weighted by Crippen LogP contribution is 2.25. The molecule has 1 heterocycles. The average molecular weight is 340 g/mol. The second-order valence-electron chi connectivity index (χ2n) is 7.06. The summed E-state index contributed by atoms with van der Waals surface area (Å²) in [4.78, 5) is 0. The zero-order chi connectivity index (χ0) is 17.3. The summed E-state index contributed by atoms with van der Waals surface area (Å²) < 4.78 is 17.4. The molecule has 4 heteroatoms. The summed E-state index contributed by atoms with van der Waals surface area (Å²) in [7, 11) is -1.08. The number of nitrogens with zero attached hydrogens (tertiary/aromatic N) is 1. The summed E-state index contributed by atoms with van der Waals surface area (Å²) in [6, 6.07) is 18.9. The second-order valence-corrected chi connectivity index (χ2v) is 9.06. The molecule has 3 aromatic rings. The minimum atomic E-state index is -1.08. The van der Waals surface area contributed by atoms with Crippen LogP contribution in [0.3, 0.4) is 0 Å². The maximum Gasteiger partial charge on any atom is 0.0975 e. The number of nitrogens with one attached hydrogen (secondary N) is 1. The van der Waals surface area contributed by atoms with E-state index in [2.05, 4.69) is 58.8 Å². The lowest BCUT2D eigenvalue weighted by Gasteiger charge is -2.22. The van der Waals surface area contributed by atoms with Crippen LogP contribution in [0.1, 0.15) is 39.3 Å². The molecule has 0 amide bonds. The number of hydrogen-bond donors (Lipinski definition) is 1. The summed E-state index contributed by atoms with van der Waals surface area (Å²) in [6.45, 7) is 7.99. The van der Waals surface area contributed by atoms with Gasteiger partial charge < -0.3 is 4.57 Å². The highest BCUT2D eigenvalue weighted by molar-refractivity contribution is 7.84. The van der Waals surface area contributed by atoms with Gasteiger partial charge in [-0.25, -0.2) is 8.93 Å². The molecule has 3 rings (SSSR count). The number of aromatic nitrogens is 1. The van der Waals surface area contributed by atoms with Crippen molar-refractivity contribution in [3.05, 3.63) is 66.4 Å². The lowest BCUT2D eigenvalue weighted by Crippen LogP contribution is -2.34. The molecule has 0 aliphatic carbocycles. The predicted molar refractivity (Wildman–Crippen MR) is 103 cm³/mol. The Bertz CT molecular complexity index is 862. The van der Waals surface area contributed by atoms with E-state index in [-0.39, 0.29) is 10.8 Å². The molecular formula is C20H24N2OS. The van der Waals surface area contributed by atoms with Crippen molar-refractivity contribution >= 4 is 21.9 Å². The zero-order valence-corrected chi connectivity index (χ0v) is 15.4. The Morgan fingerprint density at radius 1 is 1.04 bits per heavy atom. The monoisotopic (exact) mass is 340 g/mol. The fraction of sp³-hybridized carbons (Fsp3) is 0.300. The standard InChI is InChI=1S/C20H24N2OS/c1-15(21-24(23)20(2,3)4)16-10-11-19-17(14-16)12-13-22(19)18-8-6-5-7-9-18/h5-15,21H,1-4H3/t15-,24+/m0/s1. The van der Waals surface area contributed by atoms with Crippen molar-refractivity contribution in [2.45, 2.75) is 38.5 Å². The molecule has 0 bridgehead atoms. The fourth-order valence-corrected chi connectivity index (χ4v) is 3.46. The van der Waals surface area contributed by atoms with Gasteiger partial charge in [0, 0.05) is 23.3 Å². The highest BCUT2D eigenvalue weighted by atomic mass is 32.2. The van der Waals surface area contributed by atoms with E-state index in [4.69, 9.17) is 0 Å². The molecule has 0 aliphatic rings. The van der Waals surface area contributed by atoms with Crippen LogP contribution in [0.25, 0.3) is 16.6 Å². The third-order valence-corrected chi connectivity index (χ3v) is 5.77. The zero-order valence-electron chi connectivity index (χ0n) is 14.6. The molecule has 126 valence electrons. The van der Waals surface area contributed by atoms with Crippen molar-refractivity contribution in [3.63, 3.8) is 0 Å². The largest absolute Gasteiger partial charge is 0.317 e. The molecule has 2 aromatic carbocycles. The van der Waals surface area contributed by atoms with E-state index in [1.54, 1.807) is 0 Å². The molecule has 1 aromatic heterocycles. The van der Waals surface area contributed by atoms with Gasteiger partial charge in [0.05, 0.1) is 21.2 Å². The Morgan fingerprint density at radius 3 is 2.42 bits per heavy atom. The van der Waals surface area contributed by atoms with Crippen molar-refractivity contribution in [2.24, 2.45) is 0 Å². The molecule has 0 aliphatic heterocycles. The summed E-state index contributed by atoms with van der Waals surface area (Å²) in [5, 5.41) is 1.19. The van der Waals surface area contributed by atoms with E-state index in [1.807, 2.05) is 39.0 Å². The maximum atomic E-state index is 12.3. The Kier molecular flexibility index (Phi) is 4.61. The van der Waals surface area contributed by atoms with Crippen LogP contribution in [0.4, 0.5) is 0 Å². The maximum absolute atomic E-state index is 12.3. The summed E-state index contributed by atoms with van der Waals surface area (Å²) in [5.41, 5.74) is 3.47. The van der Waals surface area contributed by atoms with Gasteiger partial charge in [-0.15, -0.1) is 0 Å². The third-order valence-electron chi connectivity index (χ3n) is 4.09. The lowest BCUT2D eigenvalue weighted by atomic mass is 10.1. The molecule has 3 nitrogen and oxygen atoms in total.